The molecule has 0 fully saturated rings. The van der Waals surface area contributed by atoms with Gasteiger partial charge in [-0.25, -0.2) is 4.68 Å². The van der Waals surface area contributed by atoms with Gasteiger partial charge in [0.1, 0.15) is 17.6 Å². The van der Waals surface area contributed by atoms with E-state index >= 15 is 0 Å². The molecule has 1 unspecified atom stereocenters. The minimum Gasteiger partial charge on any atom is -0.493 e. The van der Waals surface area contributed by atoms with Crippen molar-refractivity contribution in [3.8, 4) is 11.5 Å². The smallest absolute Gasteiger partial charge is 0.226 e. The molecule has 1 N–H and O–H groups in total. The number of anilines is 1. The maximum atomic E-state index is 5.60. The highest BCUT2D eigenvalue weighted by molar-refractivity contribution is 5.78. The van der Waals surface area contributed by atoms with Crippen molar-refractivity contribution < 1.29 is 13.9 Å². The van der Waals surface area contributed by atoms with Crippen LogP contribution in [-0.2, 0) is 0 Å². The van der Waals surface area contributed by atoms with Gasteiger partial charge in [0.25, 0.3) is 0 Å². The molecule has 0 saturated carbocycles. The summed E-state index contributed by atoms with van der Waals surface area (Å²) in [7, 11) is 3.24. The number of methoxy groups -OCH3 is 2. The Hall–Kier alpha value is -3.22. The number of nitrogens with zero attached hydrogens (tertiary/aromatic N) is 3. The van der Waals surface area contributed by atoms with Crippen LogP contribution >= 0.6 is 0 Å². The molecule has 7 heteroatoms. The Kier molecular flexibility index (Phi) is 3.68. The summed E-state index contributed by atoms with van der Waals surface area (Å²) in [4.78, 5) is 4.47. The van der Waals surface area contributed by atoms with E-state index in [1.807, 2.05) is 41.9 Å². The number of rotatable bonds is 4. The van der Waals surface area contributed by atoms with Crippen LogP contribution in [0, 0.1) is 6.92 Å². The Labute approximate surface area is 144 Å². The molecule has 0 radical (unpaired) electrons. The zero-order valence-electron chi connectivity index (χ0n) is 14.2. The van der Waals surface area contributed by atoms with Crippen molar-refractivity contribution in [2.45, 2.75) is 13.0 Å². The molecule has 128 valence electrons. The molecule has 1 aliphatic rings. The summed E-state index contributed by atoms with van der Waals surface area (Å²) in [5, 5.41) is 7.80. The number of hydrogen-bond acceptors (Lipinski definition) is 6. The quantitative estimate of drug-likeness (QED) is 0.787. The molecular formula is C18H18N4O3. The van der Waals surface area contributed by atoms with Crippen molar-refractivity contribution >= 4 is 11.6 Å². The molecule has 0 spiro atoms. The number of ether oxygens (including phenoxy) is 2. The van der Waals surface area contributed by atoms with Gasteiger partial charge >= 0.3 is 0 Å². The average Bonchev–Trinajstić information content (AvgIpc) is 3.28. The molecule has 0 amide bonds. The number of aryl methyl sites for hydroxylation is 1. The predicted molar refractivity (Wildman–Crippen MR) is 92.8 cm³/mol. The Bertz CT molecular complexity index is 928. The fourth-order valence-electron chi connectivity index (χ4n) is 2.93. The number of aromatic nitrogens is 3. The first-order chi connectivity index (χ1) is 12.2. The highest BCUT2D eigenvalue weighted by Gasteiger charge is 2.26. The molecule has 1 atom stereocenters. The van der Waals surface area contributed by atoms with Crippen LogP contribution in [0.1, 0.15) is 23.2 Å². The molecular weight excluding hydrogens is 320 g/mol. The first-order valence-corrected chi connectivity index (χ1v) is 7.87. The highest BCUT2D eigenvalue weighted by atomic mass is 16.5. The summed E-state index contributed by atoms with van der Waals surface area (Å²) in [5.41, 5.74) is 1.86. The molecule has 0 aliphatic carbocycles. The van der Waals surface area contributed by atoms with Crippen LogP contribution in [0.25, 0.3) is 5.70 Å². The van der Waals surface area contributed by atoms with Crippen molar-refractivity contribution in [1.29, 1.82) is 0 Å². The number of hydrogen-bond donors (Lipinski definition) is 1. The van der Waals surface area contributed by atoms with Gasteiger partial charge in [0, 0.05) is 11.3 Å². The normalized spacial score (nSPS) is 16.0. The topological polar surface area (TPSA) is 74.3 Å². The van der Waals surface area contributed by atoms with E-state index in [0.29, 0.717) is 23.3 Å². The van der Waals surface area contributed by atoms with E-state index < -0.39 is 0 Å². The van der Waals surface area contributed by atoms with Gasteiger partial charge in [-0.1, -0.05) is 0 Å². The van der Waals surface area contributed by atoms with Crippen LogP contribution in [0.2, 0.25) is 0 Å². The van der Waals surface area contributed by atoms with Gasteiger partial charge in [0.15, 0.2) is 11.5 Å². The molecule has 2 aromatic heterocycles. The van der Waals surface area contributed by atoms with Crippen LogP contribution in [0.15, 0.2) is 47.1 Å². The number of allylic oxidation sites excluding steroid dienone is 1. The van der Waals surface area contributed by atoms with Crippen LogP contribution in [-0.4, -0.2) is 29.0 Å². The van der Waals surface area contributed by atoms with E-state index in [4.69, 9.17) is 13.9 Å². The maximum absolute atomic E-state index is 5.60. The van der Waals surface area contributed by atoms with Gasteiger partial charge in [-0.15, -0.1) is 0 Å². The molecule has 0 bridgehead atoms. The number of furan rings is 1. The molecule has 4 rings (SSSR count). The summed E-state index contributed by atoms with van der Waals surface area (Å²) in [6.45, 7) is 1.86. The lowest BCUT2D eigenvalue weighted by Crippen LogP contribution is -2.19. The van der Waals surface area contributed by atoms with Gasteiger partial charge < -0.3 is 19.2 Å². The number of benzene rings is 1. The molecule has 3 heterocycles. The van der Waals surface area contributed by atoms with Crippen molar-refractivity contribution in [1.82, 2.24) is 14.8 Å². The van der Waals surface area contributed by atoms with Gasteiger partial charge in [-0.05, 0) is 43.3 Å². The van der Waals surface area contributed by atoms with Gasteiger partial charge in [-0.3, -0.25) is 0 Å². The first kappa shape index (κ1) is 15.3. The minimum atomic E-state index is -0.171. The van der Waals surface area contributed by atoms with Crippen LogP contribution in [0.5, 0.6) is 11.5 Å². The zero-order valence-corrected chi connectivity index (χ0v) is 14.2. The number of nitrogens with one attached hydrogen (secondary N) is 1. The average molecular weight is 338 g/mol. The predicted octanol–water partition coefficient (Wildman–Crippen LogP) is 3.25. The standard InChI is InChI=1S/C18H18N4O3/c1-11-19-18-20-13(12-6-7-16(23-2)17(9-12)24-3)10-14(22(18)21-11)15-5-4-8-25-15/h4-10,14H,1-3H3,(H,19,20,21). The Morgan fingerprint density at radius 2 is 2.00 bits per heavy atom. The Morgan fingerprint density at radius 1 is 1.16 bits per heavy atom. The second-order valence-corrected chi connectivity index (χ2v) is 5.66. The minimum absolute atomic E-state index is 0.171. The number of fused-ring (bicyclic) bond motifs is 1. The molecule has 1 aromatic carbocycles. The van der Waals surface area contributed by atoms with Crippen molar-refractivity contribution in [3.05, 3.63) is 59.8 Å². The Morgan fingerprint density at radius 3 is 2.72 bits per heavy atom. The monoisotopic (exact) mass is 338 g/mol. The SMILES string of the molecule is COc1ccc(C2=CC(c3ccco3)n3nc(C)nc3N2)cc1OC. The summed E-state index contributed by atoms with van der Waals surface area (Å²) < 4.78 is 18.1. The third kappa shape index (κ3) is 2.63. The second-order valence-electron chi connectivity index (χ2n) is 5.66. The molecule has 0 saturated heterocycles. The van der Waals surface area contributed by atoms with E-state index in [1.165, 1.54) is 0 Å². The van der Waals surface area contributed by atoms with E-state index in [9.17, 15) is 0 Å². The third-order valence-corrected chi connectivity index (χ3v) is 4.10. The largest absolute Gasteiger partial charge is 0.493 e. The summed E-state index contributed by atoms with van der Waals surface area (Å²) in [6.07, 6.45) is 3.71. The summed E-state index contributed by atoms with van der Waals surface area (Å²) in [6, 6.07) is 9.40. The van der Waals surface area contributed by atoms with Crippen molar-refractivity contribution in [3.63, 3.8) is 0 Å². The van der Waals surface area contributed by atoms with Gasteiger partial charge in [0.2, 0.25) is 5.95 Å². The van der Waals surface area contributed by atoms with E-state index in [-0.39, 0.29) is 6.04 Å². The summed E-state index contributed by atoms with van der Waals surface area (Å²) >= 11 is 0. The Balaban J connectivity index is 1.80. The lowest BCUT2D eigenvalue weighted by molar-refractivity contribution is 0.355. The lowest BCUT2D eigenvalue weighted by atomic mass is 10.1. The zero-order chi connectivity index (χ0) is 17.4. The van der Waals surface area contributed by atoms with Gasteiger partial charge in [-0.2, -0.15) is 10.1 Å². The first-order valence-electron chi connectivity index (χ1n) is 7.87. The van der Waals surface area contributed by atoms with Crippen LogP contribution < -0.4 is 14.8 Å². The van der Waals surface area contributed by atoms with Crippen LogP contribution in [0.4, 0.5) is 5.95 Å². The fourth-order valence-corrected chi connectivity index (χ4v) is 2.93. The lowest BCUT2D eigenvalue weighted by Gasteiger charge is -2.23. The highest BCUT2D eigenvalue weighted by Crippen LogP contribution is 2.35. The van der Waals surface area contributed by atoms with Gasteiger partial charge in [0.05, 0.1) is 20.5 Å². The van der Waals surface area contributed by atoms with E-state index in [2.05, 4.69) is 21.5 Å². The molecule has 3 aromatic rings. The second kappa shape index (κ2) is 6.01. The maximum Gasteiger partial charge on any atom is 0.226 e. The fraction of sp³-hybridized carbons (Fsp3) is 0.222. The van der Waals surface area contributed by atoms with E-state index in [0.717, 1.165) is 17.0 Å². The summed E-state index contributed by atoms with van der Waals surface area (Å²) in [5.74, 6) is 3.52. The third-order valence-electron chi connectivity index (χ3n) is 4.10. The molecule has 1 aliphatic heterocycles. The van der Waals surface area contributed by atoms with Crippen molar-refractivity contribution in [2.75, 3.05) is 19.5 Å². The molecule has 25 heavy (non-hydrogen) atoms. The van der Waals surface area contributed by atoms with Crippen LogP contribution in [0.3, 0.4) is 0 Å². The van der Waals surface area contributed by atoms with Crippen molar-refractivity contribution in [2.24, 2.45) is 0 Å². The van der Waals surface area contributed by atoms with E-state index in [1.54, 1.807) is 20.5 Å². The molecule has 7 nitrogen and oxygen atoms in total.